The maximum absolute atomic E-state index is 12.5. The molecule has 0 aliphatic heterocycles. The third-order valence-electron chi connectivity index (χ3n) is 3.52. The largest absolute Gasteiger partial charge is 0.443 e. The second-order valence-corrected chi connectivity index (χ2v) is 5.58. The van der Waals surface area contributed by atoms with Crippen molar-refractivity contribution in [3.05, 3.63) is 77.3 Å². The summed E-state index contributed by atoms with van der Waals surface area (Å²) < 4.78 is 5.38. The van der Waals surface area contributed by atoms with E-state index in [4.69, 9.17) is 16.0 Å². The molecule has 23 heavy (non-hydrogen) atoms. The zero-order valence-electron chi connectivity index (χ0n) is 12.5. The van der Waals surface area contributed by atoms with Gasteiger partial charge in [0.2, 0.25) is 0 Å². The Balaban J connectivity index is 1.83. The molecule has 0 spiro atoms. The van der Waals surface area contributed by atoms with Crippen LogP contribution in [0, 0.1) is 0 Å². The Morgan fingerprint density at radius 2 is 1.96 bits per heavy atom. The number of aromatic nitrogens is 1. The average molecular weight is 327 g/mol. The molecular formula is C18H15ClN2O2. The van der Waals surface area contributed by atoms with Gasteiger partial charge in [-0.3, -0.25) is 4.79 Å². The number of rotatable bonds is 4. The minimum absolute atomic E-state index is 0.132. The minimum atomic E-state index is -0.287. The van der Waals surface area contributed by atoms with Crippen LogP contribution >= 0.6 is 11.6 Å². The molecule has 5 heteroatoms. The molecule has 1 atom stereocenters. The predicted octanol–water partition coefficient (Wildman–Crippen LogP) is 4.49. The van der Waals surface area contributed by atoms with Crippen LogP contribution in [0.4, 0.5) is 0 Å². The topological polar surface area (TPSA) is 55.1 Å². The van der Waals surface area contributed by atoms with E-state index < -0.39 is 0 Å². The maximum atomic E-state index is 12.5. The van der Waals surface area contributed by atoms with Crippen LogP contribution in [0.3, 0.4) is 0 Å². The standard InChI is InChI=1S/C18H15ClN2O2/c1-12(13-6-3-2-4-7-13)21-18(22)16-17(23-11-20-16)14-8-5-9-15(19)10-14/h2-12H,1H3,(H,21,22)/t12-/m1/s1. The molecule has 1 heterocycles. The summed E-state index contributed by atoms with van der Waals surface area (Å²) in [6.45, 7) is 1.92. The molecule has 4 nitrogen and oxygen atoms in total. The second-order valence-electron chi connectivity index (χ2n) is 5.15. The molecule has 0 saturated carbocycles. The molecule has 0 aliphatic rings. The summed E-state index contributed by atoms with van der Waals surface area (Å²) in [4.78, 5) is 16.5. The highest BCUT2D eigenvalue weighted by molar-refractivity contribution is 6.30. The highest BCUT2D eigenvalue weighted by atomic mass is 35.5. The van der Waals surface area contributed by atoms with E-state index in [0.29, 0.717) is 16.3 Å². The lowest BCUT2D eigenvalue weighted by atomic mass is 10.1. The van der Waals surface area contributed by atoms with Crippen molar-refractivity contribution in [1.29, 1.82) is 0 Å². The number of hydrogen-bond acceptors (Lipinski definition) is 3. The second kappa shape index (κ2) is 6.67. The van der Waals surface area contributed by atoms with Crippen molar-refractivity contribution >= 4 is 17.5 Å². The van der Waals surface area contributed by atoms with Crippen molar-refractivity contribution in [3.63, 3.8) is 0 Å². The van der Waals surface area contributed by atoms with Crippen LogP contribution < -0.4 is 5.32 Å². The minimum Gasteiger partial charge on any atom is -0.443 e. The third-order valence-corrected chi connectivity index (χ3v) is 3.75. The van der Waals surface area contributed by atoms with E-state index in [1.807, 2.05) is 43.3 Å². The number of nitrogens with one attached hydrogen (secondary N) is 1. The third kappa shape index (κ3) is 3.43. The summed E-state index contributed by atoms with van der Waals surface area (Å²) in [5, 5.41) is 3.50. The predicted molar refractivity (Wildman–Crippen MR) is 89.3 cm³/mol. The summed E-state index contributed by atoms with van der Waals surface area (Å²) in [7, 11) is 0. The van der Waals surface area contributed by atoms with E-state index in [9.17, 15) is 4.79 Å². The number of carbonyl (C=O) groups is 1. The van der Waals surface area contributed by atoms with Crippen molar-refractivity contribution in [2.45, 2.75) is 13.0 Å². The molecule has 2 aromatic carbocycles. The van der Waals surface area contributed by atoms with Crippen molar-refractivity contribution < 1.29 is 9.21 Å². The van der Waals surface area contributed by atoms with Gasteiger partial charge in [-0.2, -0.15) is 0 Å². The molecule has 0 radical (unpaired) electrons. The fourth-order valence-electron chi connectivity index (χ4n) is 2.33. The summed E-state index contributed by atoms with van der Waals surface area (Å²) in [6, 6.07) is 16.7. The van der Waals surface area contributed by atoms with Crippen LogP contribution in [0.15, 0.2) is 65.4 Å². The van der Waals surface area contributed by atoms with Crippen LogP contribution in [0.1, 0.15) is 29.0 Å². The maximum Gasteiger partial charge on any atom is 0.274 e. The Labute approximate surface area is 139 Å². The van der Waals surface area contributed by atoms with Crippen LogP contribution in [0.25, 0.3) is 11.3 Å². The lowest BCUT2D eigenvalue weighted by Gasteiger charge is -2.13. The first kappa shape index (κ1) is 15.3. The van der Waals surface area contributed by atoms with Crippen LogP contribution in [-0.2, 0) is 0 Å². The first-order chi connectivity index (χ1) is 11.1. The van der Waals surface area contributed by atoms with Crippen LogP contribution in [-0.4, -0.2) is 10.9 Å². The normalized spacial score (nSPS) is 11.9. The SMILES string of the molecule is C[C@@H](NC(=O)c1ncoc1-c1cccc(Cl)c1)c1ccccc1. The van der Waals surface area contributed by atoms with Gasteiger partial charge in [0.15, 0.2) is 17.8 Å². The zero-order valence-corrected chi connectivity index (χ0v) is 13.2. The van der Waals surface area contributed by atoms with Gasteiger partial charge in [-0.25, -0.2) is 4.98 Å². The summed E-state index contributed by atoms with van der Waals surface area (Å²) >= 11 is 6.00. The number of carbonyl (C=O) groups excluding carboxylic acids is 1. The quantitative estimate of drug-likeness (QED) is 0.768. The fraction of sp³-hybridized carbons (Fsp3) is 0.111. The Morgan fingerprint density at radius 1 is 1.17 bits per heavy atom. The van der Waals surface area contributed by atoms with Gasteiger partial charge < -0.3 is 9.73 Å². The van der Waals surface area contributed by atoms with E-state index in [-0.39, 0.29) is 17.6 Å². The monoisotopic (exact) mass is 326 g/mol. The number of halogens is 1. The molecule has 3 rings (SSSR count). The Kier molecular flexibility index (Phi) is 4.44. The van der Waals surface area contributed by atoms with E-state index in [1.54, 1.807) is 18.2 Å². The van der Waals surface area contributed by atoms with E-state index in [2.05, 4.69) is 10.3 Å². The molecule has 0 saturated heterocycles. The number of benzene rings is 2. The van der Waals surface area contributed by atoms with Gasteiger partial charge in [0.1, 0.15) is 0 Å². The fourth-order valence-corrected chi connectivity index (χ4v) is 2.52. The number of amides is 1. The van der Waals surface area contributed by atoms with Crippen LogP contribution in [0.5, 0.6) is 0 Å². The van der Waals surface area contributed by atoms with Crippen molar-refractivity contribution in [2.24, 2.45) is 0 Å². The molecule has 116 valence electrons. The highest BCUT2D eigenvalue weighted by Crippen LogP contribution is 2.26. The van der Waals surface area contributed by atoms with Gasteiger partial charge in [-0.1, -0.05) is 54.1 Å². The first-order valence-corrected chi connectivity index (χ1v) is 7.58. The lowest BCUT2D eigenvalue weighted by Crippen LogP contribution is -2.27. The summed E-state index contributed by atoms with van der Waals surface area (Å²) in [6.07, 6.45) is 1.26. The number of nitrogens with zero attached hydrogens (tertiary/aromatic N) is 1. The smallest absolute Gasteiger partial charge is 0.274 e. The van der Waals surface area contributed by atoms with Crippen molar-refractivity contribution in [1.82, 2.24) is 10.3 Å². The average Bonchev–Trinajstić information content (AvgIpc) is 3.05. The van der Waals surface area contributed by atoms with Crippen LogP contribution in [0.2, 0.25) is 5.02 Å². The number of oxazole rings is 1. The van der Waals surface area contributed by atoms with E-state index in [0.717, 1.165) is 5.56 Å². The van der Waals surface area contributed by atoms with Gasteiger partial charge in [-0.15, -0.1) is 0 Å². The molecule has 0 aliphatic carbocycles. The van der Waals surface area contributed by atoms with Crippen molar-refractivity contribution in [2.75, 3.05) is 0 Å². The highest BCUT2D eigenvalue weighted by Gasteiger charge is 2.20. The summed E-state index contributed by atoms with van der Waals surface area (Å²) in [5.41, 5.74) is 1.98. The van der Waals surface area contributed by atoms with Crippen molar-refractivity contribution in [3.8, 4) is 11.3 Å². The summed E-state index contributed by atoms with van der Waals surface area (Å²) in [5.74, 6) is 0.121. The van der Waals surface area contributed by atoms with E-state index >= 15 is 0 Å². The molecule has 0 fully saturated rings. The van der Waals surface area contributed by atoms with Gasteiger partial charge in [0, 0.05) is 10.6 Å². The first-order valence-electron chi connectivity index (χ1n) is 7.20. The molecule has 3 aromatic rings. The van der Waals surface area contributed by atoms with Gasteiger partial charge in [-0.05, 0) is 24.6 Å². The molecule has 0 bridgehead atoms. The van der Waals surface area contributed by atoms with Gasteiger partial charge in [0.05, 0.1) is 6.04 Å². The molecule has 1 N–H and O–H groups in total. The molecular weight excluding hydrogens is 312 g/mol. The Morgan fingerprint density at radius 3 is 2.70 bits per heavy atom. The van der Waals surface area contributed by atoms with E-state index in [1.165, 1.54) is 6.39 Å². The Hall–Kier alpha value is -2.59. The molecule has 1 aromatic heterocycles. The van der Waals surface area contributed by atoms with Gasteiger partial charge >= 0.3 is 0 Å². The molecule has 0 unspecified atom stereocenters. The number of hydrogen-bond donors (Lipinski definition) is 1. The zero-order chi connectivity index (χ0) is 16.2. The molecule has 1 amide bonds. The lowest BCUT2D eigenvalue weighted by molar-refractivity contribution is 0.0935. The van der Waals surface area contributed by atoms with Gasteiger partial charge in [0.25, 0.3) is 5.91 Å². The Bertz CT molecular complexity index is 815.